The van der Waals surface area contributed by atoms with Crippen molar-refractivity contribution in [2.24, 2.45) is 7.05 Å². The Labute approximate surface area is 161 Å². The van der Waals surface area contributed by atoms with Crippen molar-refractivity contribution in [3.05, 3.63) is 50.4 Å². The van der Waals surface area contributed by atoms with Crippen LogP contribution in [-0.2, 0) is 20.3 Å². The second-order valence-electron chi connectivity index (χ2n) is 5.73. The second kappa shape index (κ2) is 7.70. The standard InChI is InChI=1S/C17H19ClN4OS2/c1-20(10-12-8-9-15(18)25-12)11-22-17(24)21(2)16(19-22)13-6-4-5-7-14(13)23-3/h4-9H,10-11H2,1-3H3. The maximum atomic E-state index is 6.00. The van der Waals surface area contributed by atoms with Crippen LogP contribution in [0.15, 0.2) is 36.4 Å². The maximum absolute atomic E-state index is 6.00. The highest BCUT2D eigenvalue weighted by atomic mass is 35.5. The van der Waals surface area contributed by atoms with Crippen LogP contribution in [0.2, 0.25) is 4.34 Å². The van der Waals surface area contributed by atoms with E-state index in [4.69, 9.17) is 33.7 Å². The lowest BCUT2D eigenvalue weighted by atomic mass is 10.2. The molecule has 0 saturated carbocycles. The molecule has 2 heterocycles. The molecule has 8 heteroatoms. The molecule has 0 amide bonds. The van der Waals surface area contributed by atoms with E-state index in [-0.39, 0.29) is 0 Å². The summed E-state index contributed by atoms with van der Waals surface area (Å²) in [6.07, 6.45) is 0. The predicted octanol–water partition coefficient (Wildman–Crippen LogP) is 4.43. The average molecular weight is 395 g/mol. The van der Waals surface area contributed by atoms with E-state index in [0.717, 1.165) is 28.0 Å². The molecule has 0 fully saturated rings. The van der Waals surface area contributed by atoms with Crippen LogP contribution in [0.1, 0.15) is 4.88 Å². The van der Waals surface area contributed by atoms with Gasteiger partial charge < -0.3 is 9.30 Å². The quantitative estimate of drug-likeness (QED) is 0.579. The molecule has 0 unspecified atom stereocenters. The SMILES string of the molecule is COc1ccccc1-c1nn(CN(C)Cc2ccc(Cl)s2)c(=S)n1C. The number of halogens is 1. The number of ether oxygens (including phenoxy) is 1. The lowest BCUT2D eigenvalue weighted by Gasteiger charge is -2.15. The first-order chi connectivity index (χ1) is 12.0. The molecule has 0 saturated heterocycles. The van der Waals surface area contributed by atoms with Gasteiger partial charge in [-0.15, -0.1) is 11.3 Å². The third-order valence-electron chi connectivity index (χ3n) is 3.82. The van der Waals surface area contributed by atoms with Crippen LogP contribution < -0.4 is 4.74 Å². The molecule has 132 valence electrons. The third kappa shape index (κ3) is 3.95. The summed E-state index contributed by atoms with van der Waals surface area (Å²) < 4.78 is 10.6. The summed E-state index contributed by atoms with van der Waals surface area (Å²) in [5, 5.41) is 4.71. The van der Waals surface area contributed by atoms with Gasteiger partial charge in [-0.2, -0.15) is 5.10 Å². The van der Waals surface area contributed by atoms with Gasteiger partial charge in [0.1, 0.15) is 5.75 Å². The Kier molecular flexibility index (Phi) is 5.58. The molecule has 2 aromatic heterocycles. The summed E-state index contributed by atoms with van der Waals surface area (Å²) in [5.41, 5.74) is 0.921. The zero-order chi connectivity index (χ0) is 18.0. The lowest BCUT2D eigenvalue weighted by Crippen LogP contribution is -2.22. The number of hydrogen-bond donors (Lipinski definition) is 0. The van der Waals surface area contributed by atoms with Gasteiger partial charge in [-0.3, -0.25) is 4.90 Å². The van der Waals surface area contributed by atoms with Crippen molar-refractivity contribution < 1.29 is 4.74 Å². The Morgan fingerprint density at radius 1 is 1.28 bits per heavy atom. The van der Waals surface area contributed by atoms with Crippen molar-refractivity contribution in [2.45, 2.75) is 13.2 Å². The molecule has 0 aliphatic carbocycles. The van der Waals surface area contributed by atoms with Crippen LogP contribution in [0.3, 0.4) is 0 Å². The molecule has 5 nitrogen and oxygen atoms in total. The minimum absolute atomic E-state index is 0.595. The smallest absolute Gasteiger partial charge is 0.199 e. The zero-order valence-electron chi connectivity index (χ0n) is 14.3. The molecule has 25 heavy (non-hydrogen) atoms. The van der Waals surface area contributed by atoms with Crippen LogP contribution in [0, 0.1) is 4.77 Å². The Morgan fingerprint density at radius 2 is 2.04 bits per heavy atom. The summed E-state index contributed by atoms with van der Waals surface area (Å²) in [7, 11) is 5.61. The van der Waals surface area contributed by atoms with Crippen molar-refractivity contribution in [3.63, 3.8) is 0 Å². The number of aromatic nitrogens is 3. The van der Waals surface area contributed by atoms with Crippen LogP contribution in [0.25, 0.3) is 11.4 Å². The number of rotatable bonds is 6. The molecule has 1 aromatic carbocycles. The number of hydrogen-bond acceptors (Lipinski definition) is 5. The minimum atomic E-state index is 0.595. The molecule has 0 radical (unpaired) electrons. The van der Waals surface area contributed by atoms with E-state index in [2.05, 4.69) is 4.90 Å². The van der Waals surface area contributed by atoms with Crippen LogP contribution >= 0.6 is 35.2 Å². The fraction of sp³-hybridized carbons (Fsp3) is 0.294. The molecule has 3 rings (SSSR count). The monoisotopic (exact) mass is 394 g/mol. The molecule has 0 bridgehead atoms. The van der Waals surface area contributed by atoms with Gasteiger partial charge in [0.15, 0.2) is 10.6 Å². The predicted molar refractivity (Wildman–Crippen MR) is 105 cm³/mol. The summed E-state index contributed by atoms with van der Waals surface area (Å²) in [6.45, 7) is 1.39. The summed E-state index contributed by atoms with van der Waals surface area (Å²) in [6, 6.07) is 11.8. The third-order valence-corrected chi connectivity index (χ3v) is 5.52. The number of methoxy groups -OCH3 is 1. The second-order valence-corrected chi connectivity index (χ2v) is 7.89. The van der Waals surface area contributed by atoms with Gasteiger partial charge in [-0.1, -0.05) is 23.7 Å². The van der Waals surface area contributed by atoms with E-state index in [0.29, 0.717) is 11.4 Å². The highest BCUT2D eigenvalue weighted by Gasteiger charge is 2.15. The van der Waals surface area contributed by atoms with Gasteiger partial charge in [0.05, 0.1) is 23.7 Å². The summed E-state index contributed by atoms with van der Waals surface area (Å²) >= 11 is 13.1. The first-order valence-electron chi connectivity index (χ1n) is 7.69. The fourth-order valence-corrected chi connectivity index (χ4v) is 3.98. The van der Waals surface area contributed by atoms with Crippen LogP contribution in [-0.4, -0.2) is 33.4 Å². The van der Waals surface area contributed by atoms with Crippen LogP contribution in [0.4, 0.5) is 0 Å². The Balaban J connectivity index is 1.85. The van der Waals surface area contributed by atoms with Crippen molar-refractivity contribution in [1.82, 2.24) is 19.2 Å². The van der Waals surface area contributed by atoms with E-state index in [9.17, 15) is 0 Å². The first kappa shape index (κ1) is 18.1. The van der Waals surface area contributed by atoms with Crippen molar-refractivity contribution in [3.8, 4) is 17.1 Å². The van der Waals surface area contributed by atoms with E-state index in [1.54, 1.807) is 18.4 Å². The van der Waals surface area contributed by atoms with Gasteiger partial charge in [-0.25, -0.2) is 4.68 Å². The molecule has 0 aliphatic heterocycles. The van der Waals surface area contributed by atoms with Gasteiger partial charge in [0, 0.05) is 18.5 Å². The molecule has 0 N–H and O–H groups in total. The number of thiophene rings is 1. The number of nitrogens with zero attached hydrogens (tertiary/aromatic N) is 4. The molecular formula is C17H19ClN4OS2. The first-order valence-corrected chi connectivity index (χ1v) is 9.30. The van der Waals surface area contributed by atoms with E-state index >= 15 is 0 Å². The van der Waals surface area contributed by atoms with Gasteiger partial charge >= 0.3 is 0 Å². The fourth-order valence-electron chi connectivity index (χ4n) is 2.63. The highest BCUT2D eigenvalue weighted by molar-refractivity contribution is 7.71. The number of para-hydroxylation sites is 1. The molecular weight excluding hydrogens is 376 g/mol. The maximum Gasteiger partial charge on any atom is 0.199 e. The summed E-state index contributed by atoms with van der Waals surface area (Å²) in [5.74, 6) is 1.56. The Bertz CT molecular complexity index is 931. The largest absolute Gasteiger partial charge is 0.496 e. The van der Waals surface area contributed by atoms with Crippen molar-refractivity contribution in [2.75, 3.05) is 14.2 Å². The van der Waals surface area contributed by atoms with Gasteiger partial charge in [-0.05, 0) is 43.5 Å². The molecule has 0 atom stereocenters. The van der Waals surface area contributed by atoms with Crippen LogP contribution in [0.5, 0.6) is 5.75 Å². The Morgan fingerprint density at radius 3 is 2.72 bits per heavy atom. The van der Waals surface area contributed by atoms with Gasteiger partial charge in [0.2, 0.25) is 0 Å². The molecule has 3 aromatic rings. The van der Waals surface area contributed by atoms with E-state index in [1.165, 1.54) is 4.88 Å². The average Bonchev–Trinajstić information content (AvgIpc) is 3.12. The van der Waals surface area contributed by atoms with Crippen molar-refractivity contribution in [1.29, 1.82) is 0 Å². The molecule has 0 aliphatic rings. The van der Waals surface area contributed by atoms with E-state index in [1.807, 2.05) is 59.7 Å². The minimum Gasteiger partial charge on any atom is -0.496 e. The van der Waals surface area contributed by atoms with E-state index < -0.39 is 0 Å². The normalized spacial score (nSPS) is 11.2. The van der Waals surface area contributed by atoms with Crippen molar-refractivity contribution >= 4 is 35.2 Å². The topological polar surface area (TPSA) is 35.2 Å². The Hall–Kier alpha value is -1.67. The van der Waals surface area contributed by atoms with Gasteiger partial charge in [0.25, 0.3) is 0 Å². The highest BCUT2D eigenvalue weighted by Crippen LogP contribution is 2.28. The zero-order valence-corrected chi connectivity index (χ0v) is 16.7. The lowest BCUT2D eigenvalue weighted by molar-refractivity contribution is 0.246. The molecule has 0 spiro atoms. The summed E-state index contributed by atoms with van der Waals surface area (Å²) in [4.78, 5) is 3.36. The number of benzene rings is 1.